The SMILES string of the molecule is CCCC1(CNc2ccccc2[N+](=O)[O-])CC1. The van der Waals surface area contributed by atoms with Gasteiger partial charge in [-0.1, -0.05) is 25.5 Å². The van der Waals surface area contributed by atoms with Gasteiger partial charge in [0.2, 0.25) is 0 Å². The van der Waals surface area contributed by atoms with Gasteiger partial charge in [0.15, 0.2) is 0 Å². The summed E-state index contributed by atoms with van der Waals surface area (Å²) < 4.78 is 0. The van der Waals surface area contributed by atoms with Crippen LogP contribution in [0.25, 0.3) is 0 Å². The second-order valence-electron chi connectivity index (χ2n) is 4.88. The molecule has 1 aliphatic rings. The third-order valence-electron chi connectivity index (χ3n) is 3.49. The zero-order valence-electron chi connectivity index (χ0n) is 10.1. The molecule has 0 saturated heterocycles. The molecule has 0 heterocycles. The zero-order valence-corrected chi connectivity index (χ0v) is 10.1. The van der Waals surface area contributed by atoms with Gasteiger partial charge in [0, 0.05) is 12.6 Å². The molecule has 0 aliphatic heterocycles. The monoisotopic (exact) mass is 234 g/mol. The summed E-state index contributed by atoms with van der Waals surface area (Å²) in [5.41, 5.74) is 1.21. The van der Waals surface area contributed by atoms with Crippen LogP contribution in [0.3, 0.4) is 0 Å². The lowest BCUT2D eigenvalue weighted by Gasteiger charge is -2.15. The van der Waals surface area contributed by atoms with E-state index in [4.69, 9.17) is 0 Å². The molecule has 17 heavy (non-hydrogen) atoms. The first-order valence-corrected chi connectivity index (χ1v) is 6.14. The number of rotatable bonds is 6. The van der Waals surface area contributed by atoms with Gasteiger partial charge in [-0.25, -0.2) is 0 Å². The van der Waals surface area contributed by atoms with Crippen molar-refractivity contribution < 1.29 is 4.92 Å². The van der Waals surface area contributed by atoms with E-state index in [2.05, 4.69) is 12.2 Å². The largest absolute Gasteiger partial charge is 0.379 e. The molecule has 4 nitrogen and oxygen atoms in total. The number of nitrogens with zero attached hydrogens (tertiary/aromatic N) is 1. The maximum Gasteiger partial charge on any atom is 0.292 e. The highest BCUT2D eigenvalue weighted by molar-refractivity contribution is 5.61. The van der Waals surface area contributed by atoms with Gasteiger partial charge in [-0.15, -0.1) is 0 Å². The number of benzene rings is 1. The van der Waals surface area contributed by atoms with E-state index in [1.807, 2.05) is 6.07 Å². The number of anilines is 1. The molecule has 1 saturated carbocycles. The molecule has 1 fully saturated rings. The lowest BCUT2D eigenvalue weighted by Crippen LogP contribution is -2.15. The van der Waals surface area contributed by atoms with Gasteiger partial charge in [0.1, 0.15) is 5.69 Å². The molecule has 0 atom stereocenters. The summed E-state index contributed by atoms with van der Waals surface area (Å²) in [6.07, 6.45) is 4.88. The molecule has 0 amide bonds. The first-order valence-electron chi connectivity index (χ1n) is 6.14. The summed E-state index contributed by atoms with van der Waals surface area (Å²) in [5.74, 6) is 0. The third kappa shape index (κ3) is 2.75. The maximum atomic E-state index is 10.9. The summed E-state index contributed by atoms with van der Waals surface area (Å²) in [4.78, 5) is 10.5. The van der Waals surface area contributed by atoms with Gasteiger partial charge in [0.25, 0.3) is 5.69 Å². The highest BCUT2D eigenvalue weighted by atomic mass is 16.6. The van der Waals surface area contributed by atoms with Gasteiger partial charge in [-0.3, -0.25) is 10.1 Å². The first-order chi connectivity index (χ1) is 8.17. The molecule has 0 bridgehead atoms. The summed E-state index contributed by atoms with van der Waals surface area (Å²) in [7, 11) is 0. The molecule has 0 unspecified atom stereocenters. The molecule has 0 radical (unpaired) electrons. The molecule has 1 aromatic rings. The van der Waals surface area contributed by atoms with E-state index in [0.717, 1.165) is 6.54 Å². The molecule has 4 heteroatoms. The topological polar surface area (TPSA) is 55.2 Å². The molecule has 1 N–H and O–H groups in total. The summed E-state index contributed by atoms with van der Waals surface area (Å²) in [6.45, 7) is 3.04. The molecule has 0 spiro atoms. The van der Waals surface area contributed by atoms with Crippen LogP contribution in [0.2, 0.25) is 0 Å². The normalized spacial score (nSPS) is 16.5. The van der Waals surface area contributed by atoms with Crippen LogP contribution in [0.5, 0.6) is 0 Å². The Hall–Kier alpha value is -1.58. The zero-order chi connectivity index (χ0) is 12.3. The highest BCUT2D eigenvalue weighted by Gasteiger charge is 2.41. The Labute approximate surface area is 101 Å². The van der Waals surface area contributed by atoms with Gasteiger partial charge in [-0.05, 0) is 30.7 Å². The Balaban J connectivity index is 2.02. The average molecular weight is 234 g/mol. The van der Waals surface area contributed by atoms with Crippen LogP contribution in [-0.2, 0) is 0 Å². The van der Waals surface area contributed by atoms with Crippen molar-refractivity contribution in [3.05, 3.63) is 34.4 Å². The Bertz CT molecular complexity index is 414. The highest BCUT2D eigenvalue weighted by Crippen LogP contribution is 2.49. The fourth-order valence-electron chi connectivity index (χ4n) is 2.29. The maximum absolute atomic E-state index is 10.9. The molecule has 1 aliphatic carbocycles. The summed E-state index contributed by atoms with van der Waals surface area (Å²) >= 11 is 0. The minimum absolute atomic E-state index is 0.166. The van der Waals surface area contributed by atoms with Crippen molar-refractivity contribution in [1.29, 1.82) is 0 Å². The van der Waals surface area contributed by atoms with Gasteiger partial charge in [-0.2, -0.15) is 0 Å². The molecular formula is C13H18N2O2. The van der Waals surface area contributed by atoms with E-state index >= 15 is 0 Å². The molecule has 92 valence electrons. The van der Waals surface area contributed by atoms with Crippen molar-refractivity contribution in [1.82, 2.24) is 0 Å². The van der Waals surface area contributed by atoms with Crippen molar-refractivity contribution in [3.63, 3.8) is 0 Å². The van der Waals surface area contributed by atoms with Crippen molar-refractivity contribution in [2.45, 2.75) is 32.6 Å². The van der Waals surface area contributed by atoms with Crippen molar-refractivity contribution in [2.75, 3.05) is 11.9 Å². The second kappa shape index (κ2) is 4.73. The fraction of sp³-hybridized carbons (Fsp3) is 0.538. The number of hydrogen-bond acceptors (Lipinski definition) is 3. The third-order valence-corrected chi connectivity index (χ3v) is 3.49. The van der Waals surface area contributed by atoms with E-state index in [-0.39, 0.29) is 10.6 Å². The smallest absolute Gasteiger partial charge is 0.292 e. The fourth-order valence-corrected chi connectivity index (χ4v) is 2.29. The predicted octanol–water partition coefficient (Wildman–Crippen LogP) is 3.59. The van der Waals surface area contributed by atoms with Crippen LogP contribution < -0.4 is 5.32 Å². The Kier molecular flexibility index (Phi) is 3.31. The van der Waals surface area contributed by atoms with Gasteiger partial charge < -0.3 is 5.32 Å². The van der Waals surface area contributed by atoms with Crippen LogP contribution in [0.15, 0.2) is 24.3 Å². The average Bonchev–Trinajstić information content (AvgIpc) is 3.08. The van der Waals surface area contributed by atoms with Gasteiger partial charge in [0.05, 0.1) is 4.92 Å². The minimum Gasteiger partial charge on any atom is -0.379 e. The van der Waals surface area contributed by atoms with Gasteiger partial charge >= 0.3 is 0 Å². The van der Waals surface area contributed by atoms with E-state index in [1.165, 1.54) is 25.7 Å². The van der Waals surface area contributed by atoms with Crippen LogP contribution >= 0.6 is 0 Å². The first kappa shape index (κ1) is 11.9. The Morgan fingerprint density at radius 3 is 2.71 bits per heavy atom. The Morgan fingerprint density at radius 2 is 2.12 bits per heavy atom. The number of nitrogens with one attached hydrogen (secondary N) is 1. The molecule has 2 rings (SSSR count). The lowest BCUT2D eigenvalue weighted by atomic mass is 10.0. The summed E-state index contributed by atoms with van der Waals surface area (Å²) in [5, 5.41) is 14.1. The van der Waals surface area contributed by atoms with Crippen LogP contribution in [0.1, 0.15) is 32.6 Å². The number of hydrogen-bond donors (Lipinski definition) is 1. The molecule has 0 aromatic heterocycles. The van der Waals surface area contributed by atoms with E-state index in [9.17, 15) is 10.1 Å². The summed E-state index contributed by atoms with van der Waals surface area (Å²) in [6, 6.07) is 6.85. The molecular weight excluding hydrogens is 216 g/mol. The van der Waals surface area contributed by atoms with Crippen molar-refractivity contribution in [3.8, 4) is 0 Å². The quantitative estimate of drug-likeness (QED) is 0.604. The van der Waals surface area contributed by atoms with Crippen LogP contribution in [0, 0.1) is 15.5 Å². The van der Waals surface area contributed by atoms with Crippen molar-refractivity contribution >= 4 is 11.4 Å². The number of nitro benzene ring substituents is 1. The standard InChI is InChI=1S/C13H18N2O2/c1-2-7-13(8-9-13)10-14-11-5-3-4-6-12(11)15(16)17/h3-6,14H,2,7-10H2,1H3. The van der Waals surface area contributed by atoms with E-state index < -0.39 is 0 Å². The van der Waals surface area contributed by atoms with Crippen molar-refractivity contribution in [2.24, 2.45) is 5.41 Å². The lowest BCUT2D eigenvalue weighted by molar-refractivity contribution is -0.384. The van der Waals surface area contributed by atoms with E-state index in [1.54, 1.807) is 18.2 Å². The minimum atomic E-state index is -0.332. The van der Waals surface area contributed by atoms with Crippen LogP contribution in [-0.4, -0.2) is 11.5 Å². The Morgan fingerprint density at radius 1 is 1.41 bits per heavy atom. The van der Waals surface area contributed by atoms with E-state index in [0.29, 0.717) is 11.1 Å². The second-order valence-corrected chi connectivity index (χ2v) is 4.88. The molecule has 1 aromatic carbocycles. The predicted molar refractivity (Wildman–Crippen MR) is 68.2 cm³/mol. The number of para-hydroxylation sites is 2. The van der Waals surface area contributed by atoms with Crippen LogP contribution in [0.4, 0.5) is 11.4 Å². The number of nitro groups is 1.